The van der Waals surface area contributed by atoms with Crippen LogP contribution in [0, 0.1) is 0 Å². The molecule has 0 radical (unpaired) electrons. The van der Waals surface area contributed by atoms with Gasteiger partial charge in [-0.05, 0) is 59.3 Å². The average molecular weight is 242 g/mol. The Morgan fingerprint density at radius 2 is 2.00 bits per heavy atom. The molecule has 1 unspecified atom stereocenters. The van der Waals surface area contributed by atoms with Crippen molar-refractivity contribution in [3.05, 3.63) is 0 Å². The zero-order chi connectivity index (χ0) is 12.7. The SMILES string of the molecule is CNC(C)(CCCN1CCCCC1)C(=O)OC. The topological polar surface area (TPSA) is 41.6 Å². The van der Waals surface area contributed by atoms with Crippen LogP contribution in [0.4, 0.5) is 0 Å². The van der Waals surface area contributed by atoms with Gasteiger partial charge in [-0.1, -0.05) is 6.42 Å². The number of likely N-dealkylation sites (N-methyl/N-ethyl adjacent to an activating group) is 1. The molecule has 17 heavy (non-hydrogen) atoms. The number of carbonyl (C=O) groups is 1. The van der Waals surface area contributed by atoms with E-state index in [2.05, 4.69) is 10.2 Å². The second kappa shape index (κ2) is 6.97. The van der Waals surface area contributed by atoms with Crippen molar-refractivity contribution in [2.24, 2.45) is 0 Å². The van der Waals surface area contributed by atoms with Crippen LogP contribution in [0.15, 0.2) is 0 Å². The maximum Gasteiger partial charge on any atom is 0.325 e. The normalized spacial score (nSPS) is 20.9. The summed E-state index contributed by atoms with van der Waals surface area (Å²) in [5, 5.41) is 3.07. The van der Waals surface area contributed by atoms with Gasteiger partial charge < -0.3 is 15.0 Å². The number of rotatable bonds is 6. The number of hydrogen-bond donors (Lipinski definition) is 1. The van der Waals surface area contributed by atoms with Crippen LogP contribution in [-0.2, 0) is 9.53 Å². The first-order chi connectivity index (χ1) is 8.12. The maximum absolute atomic E-state index is 11.6. The predicted octanol–water partition coefficient (Wildman–Crippen LogP) is 1.40. The summed E-state index contributed by atoms with van der Waals surface area (Å²) in [7, 11) is 3.26. The fourth-order valence-corrected chi connectivity index (χ4v) is 2.39. The molecule has 1 N–H and O–H groups in total. The van der Waals surface area contributed by atoms with Crippen molar-refractivity contribution in [2.45, 2.75) is 44.6 Å². The Labute approximate surface area is 105 Å². The summed E-state index contributed by atoms with van der Waals surface area (Å²) in [4.78, 5) is 14.1. The largest absolute Gasteiger partial charge is 0.468 e. The summed E-state index contributed by atoms with van der Waals surface area (Å²) in [6.45, 7) is 5.44. The van der Waals surface area contributed by atoms with Gasteiger partial charge in [-0.2, -0.15) is 0 Å². The Bertz CT molecular complexity index is 240. The molecule has 1 rings (SSSR count). The number of carbonyl (C=O) groups excluding carboxylic acids is 1. The molecule has 1 aliphatic rings. The van der Waals surface area contributed by atoms with Crippen LogP contribution in [0.5, 0.6) is 0 Å². The number of nitrogens with one attached hydrogen (secondary N) is 1. The van der Waals surface area contributed by atoms with Crippen LogP contribution >= 0.6 is 0 Å². The highest BCUT2D eigenvalue weighted by molar-refractivity contribution is 5.80. The maximum atomic E-state index is 11.6. The zero-order valence-corrected chi connectivity index (χ0v) is 11.4. The third-order valence-corrected chi connectivity index (χ3v) is 3.79. The Morgan fingerprint density at radius 1 is 1.35 bits per heavy atom. The number of nitrogens with zero attached hydrogens (tertiary/aromatic N) is 1. The predicted molar refractivity (Wildman–Crippen MR) is 69.0 cm³/mol. The quantitative estimate of drug-likeness (QED) is 0.715. The van der Waals surface area contributed by atoms with E-state index in [1.165, 1.54) is 39.5 Å². The molecule has 0 aromatic carbocycles. The molecule has 0 aromatic rings. The summed E-state index contributed by atoms with van der Waals surface area (Å²) in [6, 6.07) is 0. The number of hydrogen-bond acceptors (Lipinski definition) is 4. The van der Waals surface area contributed by atoms with E-state index in [1.807, 2.05) is 14.0 Å². The lowest BCUT2D eigenvalue weighted by Crippen LogP contribution is -2.48. The van der Waals surface area contributed by atoms with Crippen LogP contribution in [0.1, 0.15) is 39.0 Å². The van der Waals surface area contributed by atoms with E-state index in [4.69, 9.17) is 4.74 Å². The summed E-state index contributed by atoms with van der Waals surface area (Å²) >= 11 is 0. The second-order valence-electron chi connectivity index (χ2n) is 5.08. The van der Waals surface area contributed by atoms with E-state index in [0.717, 1.165) is 19.4 Å². The van der Waals surface area contributed by atoms with Gasteiger partial charge in [0.25, 0.3) is 0 Å². The molecule has 1 fully saturated rings. The minimum atomic E-state index is -0.537. The van der Waals surface area contributed by atoms with Gasteiger partial charge in [0, 0.05) is 0 Å². The van der Waals surface area contributed by atoms with Crippen molar-refractivity contribution in [1.29, 1.82) is 0 Å². The van der Waals surface area contributed by atoms with E-state index in [9.17, 15) is 4.79 Å². The molecule has 100 valence electrons. The van der Waals surface area contributed by atoms with E-state index in [1.54, 1.807) is 0 Å². The molecular formula is C13H26N2O2. The van der Waals surface area contributed by atoms with E-state index in [-0.39, 0.29) is 5.97 Å². The van der Waals surface area contributed by atoms with Crippen LogP contribution in [0.2, 0.25) is 0 Å². The summed E-state index contributed by atoms with van der Waals surface area (Å²) < 4.78 is 4.83. The van der Waals surface area contributed by atoms with Crippen molar-refractivity contribution < 1.29 is 9.53 Å². The lowest BCUT2D eigenvalue weighted by molar-refractivity contribution is -0.148. The molecule has 1 atom stereocenters. The van der Waals surface area contributed by atoms with Crippen molar-refractivity contribution in [1.82, 2.24) is 10.2 Å². The molecule has 1 heterocycles. The minimum absolute atomic E-state index is 0.168. The summed E-state index contributed by atoms with van der Waals surface area (Å²) in [5.41, 5.74) is -0.537. The number of ether oxygens (including phenoxy) is 1. The first kappa shape index (κ1) is 14.5. The number of piperidine rings is 1. The van der Waals surface area contributed by atoms with Gasteiger partial charge in [-0.25, -0.2) is 0 Å². The van der Waals surface area contributed by atoms with Crippen LogP contribution in [0.3, 0.4) is 0 Å². The van der Waals surface area contributed by atoms with E-state index in [0.29, 0.717) is 0 Å². The van der Waals surface area contributed by atoms with Gasteiger partial charge in [-0.3, -0.25) is 4.79 Å². The first-order valence-corrected chi connectivity index (χ1v) is 6.62. The second-order valence-corrected chi connectivity index (χ2v) is 5.08. The standard InChI is InChI=1S/C13H26N2O2/c1-13(14-2,12(16)17-3)8-7-11-15-9-5-4-6-10-15/h14H,4-11H2,1-3H3. The zero-order valence-electron chi connectivity index (χ0n) is 11.4. The van der Waals surface area contributed by atoms with Gasteiger partial charge in [-0.15, -0.1) is 0 Å². The monoisotopic (exact) mass is 242 g/mol. The number of esters is 1. The third kappa shape index (κ3) is 4.28. The smallest absolute Gasteiger partial charge is 0.325 e. The molecule has 0 saturated carbocycles. The Balaban J connectivity index is 2.29. The third-order valence-electron chi connectivity index (χ3n) is 3.79. The Kier molecular flexibility index (Phi) is 5.92. The van der Waals surface area contributed by atoms with E-state index < -0.39 is 5.54 Å². The van der Waals surface area contributed by atoms with Crippen molar-refractivity contribution in [2.75, 3.05) is 33.8 Å². The number of methoxy groups -OCH3 is 1. The summed E-state index contributed by atoms with van der Waals surface area (Å²) in [5.74, 6) is -0.168. The first-order valence-electron chi connectivity index (χ1n) is 6.62. The molecule has 1 saturated heterocycles. The highest BCUT2D eigenvalue weighted by Crippen LogP contribution is 2.16. The molecule has 4 heteroatoms. The van der Waals surface area contributed by atoms with Crippen LogP contribution < -0.4 is 5.32 Å². The molecule has 0 bridgehead atoms. The lowest BCUT2D eigenvalue weighted by atomic mass is 9.96. The van der Waals surface area contributed by atoms with Gasteiger partial charge in [0.1, 0.15) is 5.54 Å². The highest BCUT2D eigenvalue weighted by Gasteiger charge is 2.31. The Morgan fingerprint density at radius 3 is 2.53 bits per heavy atom. The lowest BCUT2D eigenvalue weighted by Gasteiger charge is -2.29. The van der Waals surface area contributed by atoms with Gasteiger partial charge in [0.2, 0.25) is 0 Å². The van der Waals surface area contributed by atoms with Gasteiger partial charge in [0.05, 0.1) is 7.11 Å². The van der Waals surface area contributed by atoms with Crippen molar-refractivity contribution in [3.63, 3.8) is 0 Å². The van der Waals surface area contributed by atoms with Crippen LogP contribution in [0.25, 0.3) is 0 Å². The molecule has 0 aliphatic carbocycles. The van der Waals surface area contributed by atoms with Crippen LogP contribution in [-0.4, -0.2) is 50.2 Å². The average Bonchev–Trinajstić information content (AvgIpc) is 2.38. The fourth-order valence-electron chi connectivity index (χ4n) is 2.39. The molecule has 0 amide bonds. The molecule has 4 nitrogen and oxygen atoms in total. The van der Waals surface area contributed by atoms with Crippen molar-refractivity contribution in [3.8, 4) is 0 Å². The molecule has 0 aromatic heterocycles. The molecular weight excluding hydrogens is 216 g/mol. The molecule has 1 aliphatic heterocycles. The minimum Gasteiger partial charge on any atom is -0.468 e. The van der Waals surface area contributed by atoms with E-state index >= 15 is 0 Å². The Hall–Kier alpha value is -0.610. The van der Waals surface area contributed by atoms with Gasteiger partial charge >= 0.3 is 5.97 Å². The van der Waals surface area contributed by atoms with Gasteiger partial charge in [0.15, 0.2) is 0 Å². The van der Waals surface area contributed by atoms with Crippen molar-refractivity contribution >= 4 is 5.97 Å². The number of likely N-dealkylation sites (tertiary alicyclic amines) is 1. The molecule has 0 spiro atoms. The summed E-state index contributed by atoms with van der Waals surface area (Å²) in [6.07, 6.45) is 5.87. The fraction of sp³-hybridized carbons (Fsp3) is 0.923. The highest BCUT2D eigenvalue weighted by atomic mass is 16.5.